The summed E-state index contributed by atoms with van der Waals surface area (Å²) in [5, 5.41) is 27.7. The first kappa shape index (κ1) is 35.6. The highest BCUT2D eigenvalue weighted by Gasteiger charge is 2.38. The Labute approximate surface area is 311 Å². The molecule has 0 spiro atoms. The normalized spacial score (nSPS) is 14.5. The number of carboxylic acids is 1. The molecule has 7 rings (SSSR count). The smallest absolute Gasteiger partial charge is 0.352 e. The third kappa shape index (κ3) is 5.64. The summed E-state index contributed by atoms with van der Waals surface area (Å²) in [5.74, 6) is -0.551. The van der Waals surface area contributed by atoms with Crippen LogP contribution in [0.25, 0.3) is 32.9 Å². The third-order valence-corrected chi connectivity index (χ3v) is 11.3. The number of benzene rings is 3. The summed E-state index contributed by atoms with van der Waals surface area (Å²) >= 11 is 13.5. The van der Waals surface area contributed by atoms with Gasteiger partial charge in [0.15, 0.2) is 0 Å². The van der Waals surface area contributed by atoms with Crippen molar-refractivity contribution in [1.29, 1.82) is 0 Å². The molecule has 52 heavy (non-hydrogen) atoms. The molecule has 10 nitrogen and oxygen atoms in total. The van der Waals surface area contributed by atoms with Gasteiger partial charge in [-0.05, 0) is 106 Å². The van der Waals surface area contributed by atoms with Crippen molar-refractivity contribution in [1.82, 2.24) is 18.9 Å². The molecule has 0 aliphatic carbocycles. The Morgan fingerprint density at radius 2 is 1.71 bits per heavy atom. The second-order valence-corrected chi connectivity index (χ2v) is 14.7. The number of nitrogens with zero attached hydrogens (tertiary/aromatic N) is 5. The molecular formula is C40H41Cl2N5O5. The Morgan fingerprint density at radius 1 is 1.00 bits per heavy atom. The number of carbonyl (C=O) groups is 2. The Bertz CT molecular complexity index is 2430. The summed E-state index contributed by atoms with van der Waals surface area (Å²) in [6, 6.07) is 12.7. The van der Waals surface area contributed by atoms with Crippen molar-refractivity contribution in [2.24, 2.45) is 14.1 Å². The summed E-state index contributed by atoms with van der Waals surface area (Å²) in [4.78, 5) is 29.0. The second-order valence-electron chi connectivity index (χ2n) is 13.9. The topological polar surface area (TPSA) is 115 Å². The lowest BCUT2D eigenvalue weighted by Gasteiger charge is -2.35. The number of carbonyl (C=O) groups excluding carboxylic acids is 1. The van der Waals surface area contributed by atoms with E-state index in [9.17, 15) is 15.0 Å². The lowest BCUT2D eigenvalue weighted by atomic mass is 9.98. The van der Waals surface area contributed by atoms with Crippen LogP contribution in [-0.4, -0.2) is 54.2 Å². The number of fused-ring (bicyclic) bond motifs is 4. The number of aromatic nitrogens is 4. The standard InChI is InChI=1S/C40H41Cl2N5O5/c1-20-13-27(14-21(2)35(20)42)52-12-8-9-28-29-10-11-30(41)34(33-23(4)43-45(7)24(33)5)37(29)47-22(3)18-46(39(49)38(28)47)31-16-25(19-48)15-26-17-32(40(50)51)44(6)36(26)31/h10-11,13-17,22,48H,8-9,12,18-19H2,1-7H3,(H,50,51)/t22-/m1/s1. The molecular weight excluding hydrogens is 701 g/mol. The average molecular weight is 743 g/mol. The molecule has 3 aromatic carbocycles. The first-order valence-corrected chi connectivity index (χ1v) is 18.0. The Morgan fingerprint density at radius 3 is 2.35 bits per heavy atom. The SMILES string of the molecule is Cc1cc(OCCCc2c3n(c4c(-c5c(C)nn(C)c5C)c(Cl)ccc24)[C@H](C)CN(c2cc(CO)cc4cc(C(=O)O)n(C)c24)C3=O)cc(C)c1Cl. The number of aliphatic hydroxyl groups excluding tert-OH is 1. The highest BCUT2D eigenvalue weighted by Crippen LogP contribution is 2.46. The van der Waals surface area contributed by atoms with Crippen LogP contribution in [0, 0.1) is 27.7 Å². The van der Waals surface area contributed by atoms with E-state index in [1.165, 1.54) is 0 Å². The molecule has 0 radical (unpaired) electrons. The van der Waals surface area contributed by atoms with Gasteiger partial charge in [0.1, 0.15) is 17.1 Å². The maximum Gasteiger partial charge on any atom is 0.352 e. The molecule has 0 saturated heterocycles. The largest absolute Gasteiger partial charge is 0.494 e. The van der Waals surface area contributed by atoms with Gasteiger partial charge in [-0.2, -0.15) is 5.10 Å². The lowest BCUT2D eigenvalue weighted by molar-refractivity contribution is 0.0687. The van der Waals surface area contributed by atoms with E-state index in [0.717, 1.165) is 60.9 Å². The number of rotatable bonds is 9. The van der Waals surface area contributed by atoms with Gasteiger partial charge in [0.25, 0.3) is 5.91 Å². The van der Waals surface area contributed by atoms with Crippen molar-refractivity contribution in [3.63, 3.8) is 0 Å². The Balaban J connectivity index is 1.40. The van der Waals surface area contributed by atoms with Crippen LogP contribution in [0.5, 0.6) is 5.75 Å². The van der Waals surface area contributed by atoms with Gasteiger partial charge in [-0.15, -0.1) is 0 Å². The summed E-state index contributed by atoms with van der Waals surface area (Å²) in [7, 11) is 3.60. The number of amides is 1. The molecule has 0 fully saturated rings. The zero-order valence-electron chi connectivity index (χ0n) is 30.3. The van der Waals surface area contributed by atoms with E-state index < -0.39 is 5.97 Å². The van der Waals surface area contributed by atoms with E-state index in [2.05, 4.69) is 11.5 Å². The first-order chi connectivity index (χ1) is 24.7. The van der Waals surface area contributed by atoms with Crippen LogP contribution in [0.3, 0.4) is 0 Å². The minimum atomic E-state index is -1.08. The van der Waals surface area contributed by atoms with Gasteiger partial charge in [-0.25, -0.2) is 4.79 Å². The van der Waals surface area contributed by atoms with Gasteiger partial charge in [-0.3, -0.25) is 9.48 Å². The number of hydrogen-bond donors (Lipinski definition) is 2. The van der Waals surface area contributed by atoms with Crippen molar-refractivity contribution < 1.29 is 24.5 Å². The minimum absolute atomic E-state index is 0.0891. The molecule has 1 atom stereocenters. The van der Waals surface area contributed by atoms with Gasteiger partial charge in [0.2, 0.25) is 0 Å². The molecule has 1 aliphatic heterocycles. The van der Waals surface area contributed by atoms with Gasteiger partial charge >= 0.3 is 5.97 Å². The molecule has 0 saturated carbocycles. The van der Waals surface area contributed by atoms with Crippen molar-refractivity contribution in [2.75, 3.05) is 18.1 Å². The van der Waals surface area contributed by atoms with E-state index in [4.69, 9.17) is 33.0 Å². The number of halogens is 2. The summed E-state index contributed by atoms with van der Waals surface area (Å²) in [6.45, 7) is 10.4. The third-order valence-electron chi connectivity index (χ3n) is 10.4. The van der Waals surface area contributed by atoms with Crippen LogP contribution in [0.2, 0.25) is 10.0 Å². The van der Waals surface area contributed by atoms with Crippen LogP contribution in [0.15, 0.2) is 42.5 Å². The number of anilines is 1. The summed E-state index contributed by atoms with van der Waals surface area (Å²) in [6.07, 6.45) is 1.17. The average Bonchev–Trinajstić information content (AvgIpc) is 3.71. The highest BCUT2D eigenvalue weighted by molar-refractivity contribution is 6.35. The fourth-order valence-electron chi connectivity index (χ4n) is 7.98. The molecule has 0 unspecified atom stereocenters. The van der Waals surface area contributed by atoms with Gasteiger partial charge in [0, 0.05) is 59.3 Å². The van der Waals surface area contributed by atoms with Crippen LogP contribution in [-0.2, 0) is 27.1 Å². The minimum Gasteiger partial charge on any atom is -0.494 e. The van der Waals surface area contributed by atoms with E-state index in [1.807, 2.05) is 63.7 Å². The second kappa shape index (κ2) is 13.3. The molecule has 270 valence electrons. The predicted octanol–water partition coefficient (Wildman–Crippen LogP) is 8.50. The quantitative estimate of drug-likeness (QED) is 0.144. The number of aromatic carboxylic acids is 1. The number of aliphatic hydroxyl groups is 1. The van der Waals surface area contributed by atoms with Crippen LogP contribution in [0.1, 0.15) is 74.0 Å². The van der Waals surface area contributed by atoms with Crippen LogP contribution < -0.4 is 9.64 Å². The monoisotopic (exact) mass is 741 g/mol. The maximum absolute atomic E-state index is 15.1. The van der Waals surface area contributed by atoms with Crippen LogP contribution >= 0.6 is 23.2 Å². The van der Waals surface area contributed by atoms with E-state index in [1.54, 1.807) is 34.7 Å². The van der Waals surface area contributed by atoms with Crippen molar-refractivity contribution >= 4 is 62.6 Å². The van der Waals surface area contributed by atoms with Crippen molar-refractivity contribution in [2.45, 2.75) is 60.1 Å². The van der Waals surface area contributed by atoms with E-state index >= 15 is 4.79 Å². The van der Waals surface area contributed by atoms with Gasteiger partial charge in [-0.1, -0.05) is 29.3 Å². The fourth-order valence-corrected chi connectivity index (χ4v) is 8.34. The molecule has 0 bridgehead atoms. The number of ether oxygens (including phenoxy) is 1. The van der Waals surface area contributed by atoms with E-state index in [0.29, 0.717) is 58.9 Å². The number of aryl methyl sites for hydroxylation is 6. The molecule has 6 aromatic rings. The first-order valence-electron chi connectivity index (χ1n) is 17.3. The van der Waals surface area contributed by atoms with Crippen LogP contribution in [0.4, 0.5) is 5.69 Å². The zero-order chi connectivity index (χ0) is 37.3. The lowest BCUT2D eigenvalue weighted by Crippen LogP contribution is -2.43. The summed E-state index contributed by atoms with van der Waals surface area (Å²) < 4.78 is 11.8. The molecule has 1 aliphatic rings. The number of carboxylic acid groups (broad SMARTS) is 1. The molecule has 12 heteroatoms. The molecule has 4 heterocycles. The fraction of sp³-hybridized carbons (Fsp3) is 0.325. The van der Waals surface area contributed by atoms with Gasteiger partial charge < -0.3 is 29.0 Å². The molecule has 3 aromatic heterocycles. The Hall–Kier alpha value is -4.77. The number of hydrogen-bond acceptors (Lipinski definition) is 5. The van der Waals surface area contributed by atoms with E-state index in [-0.39, 0.29) is 24.2 Å². The highest BCUT2D eigenvalue weighted by atomic mass is 35.5. The molecule has 2 N–H and O–H groups in total. The predicted molar refractivity (Wildman–Crippen MR) is 206 cm³/mol. The maximum atomic E-state index is 15.1. The zero-order valence-corrected chi connectivity index (χ0v) is 31.8. The van der Waals surface area contributed by atoms with Crippen molar-refractivity contribution in [3.8, 4) is 16.9 Å². The molecule has 1 amide bonds. The van der Waals surface area contributed by atoms with Crippen molar-refractivity contribution in [3.05, 3.63) is 97.5 Å². The van der Waals surface area contributed by atoms with Gasteiger partial charge in [0.05, 0.1) is 40.7 Å². The summed E-state index contributed by atoms with van der Waals surface area (Å²) in [5.41, 5.74) is 9.60. The Kier molecular flexibility index (Phi) is 9.13.